The molecular weight excluding hydrogens is 580 g/mol. The first-order valence-electron chi connectivity index (χ1n) is 15.3. The highest BCUT2D eigenvalue weighted by molar-refractivity contribution is 7.91. The molecule has 0 radical (unpaired) electrons. The quantitative estimate of drug-likeness (QED) is 0.110. The highest BCUT2D eigenvalue weighted by atomic mass is 35.5. The maximum atomic E-state index is 13.5. The van der Waals surface area contributed by atoms with Gasteiger partial charge in [0.1, 0.15) is 18.1 Å². The molecule has 0 amide bonds. The third kappa shape index (κ3) is 9.24. The highest BCUT2D eigenvalue weighted by Gasteiger charge is 2.22. The third-order valence-electron chi connectivity index (χ3n) is 7.63. The molecule has 0 fully saturated rings. The van der Waals surface area contributed by atoms with Gasteiger partial charge in [-0.15, -0.1) is 12.4 Å². The van der Waals surface area contributed by atoms with E-state index in [-0.39, 0.29) is 22.2 Å². The van der Waals surface area contributed by atoms with Crippen LogP contribution in [0.3, 0.4) is 0 Å². The number of aromatic nitrogens is 1. The standard InChI is InChI=1S/C35H46N2O4S.ClH/c1-5-7-21-36(22-8-6-2)23-11-25-40-30-14-17-32(18-15-30)42(38,39)35-20-24-37-26-31(16-19-34(35)37)41-27-29-12-9-10-13-33(29)28(3)4;/h9-10,12-20,24,26,28H,5-8,11,21-23,25,27H2,1-4H3;1H. The van der Waals surface area contributed by atoms with Crippen molar-refractivity contribution >= 4 is 27.8 Å². The van der Waals surface area contributed by atoms with Gasteiger partial charge in [-0.3, -0.25) is 0 Å². The zero-order valence-electron chi connectivity index (χ0n) is 26.0. The SMILES string of the molecule is CCCCN(CCCC)CCCOc1ccc(S(=O)(=O)c2ccn3cc(OCc4ccccc4C(C)C)ccc23)cc1.Cl. The van der Waals surface area contributed by atoms with Gasteiger partial charge in [-0.2, -0.15) is 0 Å². The van der Waals surface area contributed by atoms with Crippen LogP contribution in [0.15, 0.2) is 88.9 Å². The summed E-state index contributed by atoms with van der Waals surface area (Å²) in [7, 11) is -3.70. The summed E-state index contributed by atoms with van der Waals surface area (Å²) in [5, 5.41) is 0. The van der Waals surface area contributed by atoms with E-state index in [4.69, 9.17) is 9.47 Å². The Kier molecular flexibility index (Phi) is 13.4. The van der Waals surface area contributed by atoms with Crippen molar-refractivity contribution in [2.45, 2.75) is 82.1 Å². The number of hydrogen-bond acceptors (Lipinski definition) is 5. The largest absolute Gasteiger partial charge is 0.494 e. The first kappa shape index (κ1) is 34.5. The molecule has 8 heteroatoms. The van der Waals surface area contributed by atoms with Crippen molar-refractivity contribution < 1.29 is 17.9 Å². The van der Waals surface area contributed by atoms with Crippen molar-refractivity contribution in [3.63, 3.8) is 0 Å². The number of halogens is 1. The van der Waals surface area contributed by atoms with Crippen LogP contribution in [-0.4, -0.2) is 44.0 Å². The van der Waals surface area contributed by atoms with Crippen LogP contribution < -0.4 is 9.47 Å². The molecule has 6 nitrogen and oxygen atoms in total. The van der Waals surface area contributed by atoms with Gasteiger partial charge in [-0.1, -0.05) is 64.8 Å². The molecule has 0 spiro atoms. The lowest BCUT2D eigenvalue weighted by atomic mass is 9.98. The Labute approximate surface area is 264 Å². The van der Waals surface area contributed by atoms with Gasteiger partial charge in [0.05, 0.1) is 28.1 Å². The molecule has 4 rings (SSSR count). The molecule has 0 saturated heterocycles. The average molecular weight is 627 g/mol. The van der Waals surface area contributed by atoms with Crippen LogP contribution in [0.5, 0.6) is 11.5 Å². The van der Waals surface area contributed by atoms with E-state index in [0.717, 1.165) is 31.6 Å². The van der Waals surface area contributed by atoms with E-state index in [9.17, 15) is 8.42 Å². The Balaban J connectivity index is 0.00000506. The summed E-state index contributed by atoms with van der Waals surface area (Å²) in [5.41, 5.74) is 3.03. The normalized spacial score (nSPS) is 11.7. The minimum atomic E-state index is -3.70. The Morgan fingerprint density at radius 2 is 1.44 bits per heavy atom. The number of pyridine rings is 1. The van der Waals surface area contributed by atoms with Crippen molar-refractivity contribution in [3.8, 4) is 11.5 Å². The fraction of sp³-hybridized carbons (Fsp3) is 0.429. The van der Waals surface area contributed by atoms with Crippen molar-refractivity contribution in [2.24, 2.45) is 0 Å². The van der Waals surface area contributed by atoms with Crippen molar-refractivity contribution in [1.29, 1.82) is 0 Å². The molecule has 0 bridgehead atoms. The topological polar surface area (TPSA) is 60.2 Å². The van der Waals surface area contributed by atoms with Gasteiger partial charge >= 0.3 is 0 Å². The predicted octanol–water partition coefficient (Wildman–Crippen LogP) is 8.57. The number of nitrogens with zero attached hydrogens (tertiary/aromatic N) is 2. The van der Waals surface area contributed by atoms with Crippen LogP contribution in [0.1, 0.15) is 76.8 Å². The Bertz CT molecular complexity index is 1510. The number of benzene rings is 2. The van der Waals surface area contributed by atoms with Gasteiger partial charge in [-0.25, -0.2) is 8.42 Å². The third-order valence-corrected chi connectivity index (χ3v) is 9.44. The number of sulfone groups is 1. The van der Waals surface area contributed by atoms with Gasteiger partial charge in [0.2, 0.25) is 9.84 Å². The highest BCUT2D eigenvalue weighted by Crippen LogP contribution is 2.29. The van der Waals surface area contributed by atoms with E-state index >= 15 is 0 Å². The van der Waals surface area contributed by atoms with Crippen LogP contribution in [0.2, 0.25) is 0 Å². The molecule has 0 unspecified atom stereocenters. The van der Waals surface area contributed by atoms with E-state index < -0.39 is 9.84 Å². The van der Waals surface area contributed by atoms with Gasteiger partial charge in [-0.05, 0) is 91.9 Å². The Morgan fingerprint density at radius 1 is 0.791 bits per heavy atom. The fourth-order valence-corrected chi connectivity index (χ4v) is 6.62. The molecule has 0 aliphatic carbocycles. The first-order valence-corrected chi connectivity index (χ1v) is 16.8. The predicted molar refractivity (Wildman–Crippen MR) is 178 cm³/mol. The lowest BCUT2D eigenvalue weighted by Gasteiger charge is -2.21. The van der Waals surface area contributed by atoms with Gasteiger partial charge in [0.25, 0.3) is 0 Å². The number of hydrogen-bond donors (Lipinski definition) is 0. The van der Waals surface area contributed by atoms with Crippen LogP contribution >= 0.6 is 12.4 Å². The van der Waals surface area contributed by atoms with Gasteiger partial charge < -0.3 is 18.8 Å². The molecule has 0 aliphatic rings. The Morgan fingerprint density at radius 3 is 2.12 bits per heavy atom. The molecule has 2 heterocycles. The minimum Gasteiger partial charge on any atom is -0.494 e. The molecule has 0 aliphatic heterocycles. The summed E-state index contributed by atoms with van der Waals surface area (Å²) in [6.07, 6.45) is 9.39. The second-order valence-corrected chi connectivity index (χ2v) is 13.1. The monoisotopic (exact) mass is 626 g/mol. The lowest BCUT2D eigenvalue weighted by Crippen LogP contribution is -2.28. The van der Waals surface area contributed by atoms with E-state index in [1.165, 1.54) is 31.2 Å². The van der Waals surface area contributed by atoms with Crippen molar-refractivity contribution in [2.75, 3.05) is 26.2 Å². The van der Waals surface area contributed by atoms with Crippen molar-refractivity contribution in [1.82, 2.24) is 9.30 Å². The lowest BCUT2D eigenvalue weighted by molar-refractivity contribution is 0.229. The second-order valence-electron chi connectivity index (χ2n) is 11.2. The first-order chi connectivity index (χ1) is 20.3. The molecule has 234 valence electrons. The molecule has 0 atom stereocenters. The van der Waals surface area contributed by atoms with Gasteiger partial charge in [0.15, 0.2) is 0 Å². The summed E-state index contributed by atoms with van der Waals surface area (Å²) in [4.78, 5) is 3.04. The average Bonchev–Trinajstić information content (AvgIpc) is 3.44. The van der Waals surface area contributed by atoms with Gasteiger partial charge in [0, 0.05) is 12.7 Å². The van der Waals surface area contributed by atoms with Crippen LogP contribution in [0.25, 0.3) is 5.52 Å². The summed E-state index contributed by atoms with van der Waals surface area (Å²) in [6, 6.07) is 20.3. The summed E-state index contributed by atoms with van der Waals surface area (Å²) >= 11 is 0. The van der Waals surface area contributed by atoms with E-state index in [1.807, 2.05) is 24.4 Å². The fourth-order valence-electron chi connectivity index (χ4n) is 5.18. The summed E-state index contributed by atoms with van der Waals surface area (Å²) < 4.78 is 40.9. The van der Waals surface area contributed by atoms with E-state index in [2.05, 4.69) is 44.7 Å². The zero-order valence-corrected chi connectivity index (χ0v) is 27.6. The number of unbranched alkanes of at least 4 members (excludes halogenated alkanes) is 2. The number of rotatable bonds is 17. The molecule has 0 N–H and O–H groups in total. The van der Waals surface area contributed by atoms with Crippen LogP contribution in [-0.2, 0) is 16.4 Å². The molecule has 43 heavy (non-hydrogen) atoms. The maximum absolute atomic E-state index is 13.5. The van der Waals surface area contributed by atoms with E-state index in [0.29, 0.717) is 36.1 Å². The number of fused-ring (bicyclic) bond motifs is 1. The second kappa shape index (κ2) is 16.7. The Hall–Kier alpha value is -3.00. The molecule has 2 aromatic carbocycles. The zero-order chi connectivity index (χ0) is 30.0. The molecule has 2 aromatic heterocycles. The minimum absolute atomic E-state index is 0. The summed E-state index contributed by atoms with van der Waals surface area (Å²) in [6.45, 7) is 13.2. The summed E-state index contributed by atoms with van der Waals surface area (Å²) in [5.74, 6) is 1.78. The van der Waals surface area contributed by atoms with Crippen molar-refractivity contribution in [3.05, 3.63) is 90.3 Å². The smallest absolute Gasteiger partial charge is 0.208 e. The van der Waals surface area contributed by atoms with E-state index in [1.54, 1.807) is 47.0 Å². The number of ether oxygens (including phenoxy) is 2. The van der Waals surface area contributed by atoms with Crippen LogP contribution in [0.4, 0.5) is 0 Å². The van der Waals surface area contributed by atoms with Crippen LogP contribution in [0, 0.1) is 0 Å². The molecular formula is C35H47ClN2O4S. The maximum Gasteiger partial charge on any atom is 0.208 e. The molecule has 0 saturated carbocycles. The molecule has 4 aromatic rings.